The number of ketones is 1. The molecule has 6 heteroatoms. The van der Waals surface area contributed by atoms with Crippen LogP contribution in [0, 0.1) is 6.92 Å². The van der Waals surface area contributed by atoms with Gasteiger partial charge in [0.05, 0.1) is 18.8 Å². The van der Waals surface area contributed by atoms with Gasteiger partial charge in [-0.25, -0.2) is 0 Å². The fraction of sp³-hybridized carbons (Fsp3) is 0.474. The summed E-state index contributed by atoms with van der Waals surface area (Å²) in [6.45, 7) is 3.09. The summed E-state index contributed by atoms with van der Waals surface area (Å²) in [7, 11) is 0. The molecular formula is C19H22N2O4. The summed E-state index contributed by atoms with van der Waals surface area (Å²) in [5.41, 5.74) is 2.05. The second-order valence-corrected chi connectivity index (χ2v) is 6.86. The first-order chi connectivity index (χ1) is 12.1. The zero-order valence-electron chi connectivity index (χ0n) is 14.3. The molecule has 1 saturated carbocycles. The Labute approximate surface area is 145 Å². The molecule has 1 aromatic carbocycles. The van der Waals surface area contributed by atoms with Gasteiger partial charge in [-0.3, -0.25) is 9.59 Å². The van der Waals surface area contributed by atoms with Gasteiger partial charge in [0.2, 0.25) is 0 Å². The highest BCUT2D eigenvalue weighted by atomic mass is 16.7. The number of Topliss-reactive ketones (excluding diaryl/α,β-unsaturated/α-hetero) is 1. The van der Waals surface area contributed by atoms with Gasteiger partial charge in [0.25, 0.3) is 11.7 Å². The van der Waals surface area contributed by atoms with E-state index in [0.717, 1.165) is 42.3 Å². The van der Waals surface area contributed by atoms with Gasteiger partial charge >= 0.3 is 0 Å². The van der Waals surface area contributed by atoms with Crippen molar-refractivity contribution in [3.63, 3.8) is 0 Å². The molecule has 132 valence electrons. The van der Waals surface area contributed by atoms with Gasteiger partial charge in [0.15, 0.2) is 5.79 Å². The Hall–Kier alpha value is -2.18. The number of para-hydroxylation sites is 1. The number of H-pyrrole nitrogens is 1. The lowest BCUT2D eigenvalue weighted by atomic mass is 9.90. The first-order valence-corrected chi connectivity index (χ1v) is 8.78. The quantitative estimate of drug-likeness (QED) is 0.663. The minimum absolute atomic E-state index is 0.0135. The Morgan fingerprint density at radius 2 is 1.84 bits per heavy atom. The normalized spacial score (nSPS) is 20.2. The largest absolute Gasteiger partial charge is 0.358 e. The molecule has 0 radical (unpaired) electrons. The monoisotopic (exact) mass is 342 g/mol. The molecule has 2 heterocycles. The number of aryl methyl sites for hydroxylation is 1. The van der Waals surface area contributed by atoms with E-state index >= 15 is 0 Å². The van der Waals surface area contributed by atoms with Crippen molar-refractivity contribution < 1.29 is 19.1 Å². The molecule has 0 unspecified atom stereocenters. The number of hydrogen-bond donors (Lipinski definition) is 2. The summed E-state index contributed by atoms with van der Waals surface area (Å²) in [5, 5.41) is 3.68. The standard InChI is InChI=1S/C19H22N2O4/c1-12-16(14-4-2-3-5-15(14)20-12)17(22)18(23)21-13-6-8-19(9-7-13)24-10-11-25-19/h2-5,13,20H,6-11H2,1H3,(H,21,23). The number of benzene rings is 1. The second kappa shape index (κ2) is 6.28. The van der Waals surface area contributed by atoms with Crippen LogP contribution in [0.15, 0.2) is 24.3 Å². The molecule has 1 aromatic heterocycles. The van der Waals surface area contributed by atoms with E-state index in [2.05, 4.69) is 10.3 Å². The highest BCUT2D eigenvalue weighted by Crippen LogP contribution is 2.35. The number of carbonyl (C=O) groups is 2. The molecule has 6 nitrogen and oxygen atoms in total. The Morgan fingerprint density at radius 1 is 1.16 bits per heavy atom. The molecule has 2 aliphatic rings. The number of aromatic amines is 1. The van der Waals surface area contributed by atoms with Crippen LogP contribution >= 0.6 is 0 Å². The van der Waals surface area contributed by atoms with Crippen molar-refractivity contribution in [1.82, 2.24) is 10.3 Å². The topological polar surface area (TPSA) is 80.4 Å². The minimum Gasteiger partial charge on any atom is -0.358 e. The van der Waals surface area contributed by atoms with Crippen molar-refractivity contribution in [1.29, 1.82) is 0 Å². The van der Waals surface area contributed by atoms with Crippen LogP contribution in [-0.2, 0) is 14.3 Å². The predicted molar refractivity (Wildman–Crippen MR) is 92.4 cm³/mol. The van der Waals surface area contributed by atoms with Gasteiger partial charge in [-0.1, -0.05) is 18.2 Å². The zero-order chi connectivity index (χ0) is 17.4. The Kier molecular flexibility index (Phi) is 4.09. The molecule has 1 spiro atoms. The molecule has 1 saturated heterocycles. The summed E-state index contributed by atoms with van der Waals surface area (Å²) in [6, 6.07) is 7.52. The van der Waals surface area contributed by atoms with Gasteiger partial charge in [-0.2, -0.15) is 0 Å². The van der Waals surface area contributed by atoms with Crippen molar-refractivity contribution in [3.05, 3.63) is 35.5 Å². The number of nitrogens with one attached hydrogen (secondary N) is 2. The first-order valence-electron chi connectivity index (χ1n) is 8.78. The van der Waals surface area contributed by atoms with Crippen LogP contribution in [0.25, 0.3) is 10.9 Å². The van der Waals surface area contributed by atoms with Gasteiger partial charge in [0, 0.05) is 35.5 Å². The molecule has 0 atom stereocenters. The summed E-state index contributed by atoms with van der Waals surface area (Å²) in [6.07, 6.45) is 3.01. The highest BCUT2D eigenvalue weighted by molar-refractivity contribution is 6.45. The molecule has 2 aromatic rings. The third-order valence-electron chi connectivity index (χ3n) is 5.22. The summed E-state index contributed by atoms with van der Waals surface area (Å²) in [5.74, 6) is -1.48. The molecule has 25 heavy (non-hydrogen) atoms. The van der Waals surface area contributed by atoms with Crippen LogP contribution in [-0.4, -0.2) is 41.7 Å². The van der Waals surface area contributed by atoms with E-state index in [0.29, 0.717) is 18.8 Å². The third kappa shape index (κ3) is 2.96. The van der Waals surface area contributed by atoms with E-state index in [1.165, 1.54) is 0 Å². The third-order valence-corrected chi connectivity index (χ3v) is 5.22. The van der Waals surface area contributed by atoms with Crippen LogP contribution in [0.3, 0.4) is 0 Å². The summed E-state index contributed by atoms with van der Waals surface area (Å²) in [4.78, 5) is 28.3. The number of carbonyl (C=O) groups excluding carboxylic acids is 2. The maximum Gasteiger partial charge on any atom is 0.292 e. The van der Waals surface area contributed by atoms with Crippen LogP contribution in [0.4, 0.5) is 0 Å². The van der Waals surface area contributed by atoms with Gasteiger partial charge in [0.1, 0.15) is 0 Å². The van der Waals surface area contributed by atoms with Crippen molar-refractivity contribution in [2.24, 2.45) is 0 Å². The lowest BCUT2D eigenvalue weighted by molar-refractivity contribution is -0.179. The molecular weight excluding hydrogens is 320 g/mol. The summed E-state index contributed by atoms with van der Waals surface area (Å²) >= 11 is 0. The molecule has 1 aliphatic heterocycles. The van der Waals surface area contributed by atoms with Crippen LogP contribution < -0.4 is 5.32 Å². The Morgan fingerprint density at radius 3 is 2.56 bits per heavy atom. The van der Waals surface area contributed by atoms with Crippen LogP contribution in [0.5, 0.6) is 0 Å². The van der Waals surface area contributed by atoms with E-state index < -0.39 is 17.5 Å². The lowest BCUT2D eigenvalue weighted by Gasteiger charge is -2.35. The number of ether oxygens (including phenoxy) is 2. The van der Waals surface area contributed by atoms with E-state index in [1.54, 1.807) is 0 Å². The van der Waals surface area contributed by atoms with E-state index in [1.807, 2.05) is 31.2 Å². The van der Waals surface area contributed by atoms with Crippen molar-refractivity contribution in [2.75, 3.05) is 13.2 Å². The van der Waals surface area contributed by atoms with E-state index in [4.69, 9.17) is 9.47 Å². The lowest BCUT2D eigenvalue weighted by Crippen LogP contribution is -2.45. The second-order valence-electron chi connectivity index (χ2n) is 6.86. The fourth-order valence-corrected chi connectivity index (χ4v) is 3.92. The number of rotatable bonds is 3. The number of aromatic nitrogens is 1. The van der Waals surface area contributed by atoms with Gasteiger partial charge < -0.3 is 19.8 Å². The van der Waals surface area contributed by atoms with E-state index in [9.17, 15) is 9.59 Å². The van der Waals surface area contributed by atoms with Crippen LogP contribution in [0.1, 0.15) is 41.7 Å². The average molecular weight is 342 g/mol. The summed E-state index contributed by atoms with van der Waals surface area (Å²) < 4.78 is 11.4. The number of hydrogen-bond acceptors (Lipinski definition) is 4. The average Bonchev–Trinajstić information content (AvgIpc) is 3.20. The first kappa shape index (κ1) is 16.3. The molecule has 1 aliphatic carbocycles. The molecule has 4 rings (SSSR count). The van der Waals surface area contributed by atoms with Gasteiger partial charge in [-0.15, -0.1) is 0 Å². The van der Waals surface area contributed by atoms with E-state index in [-0.39, 0.29) is 6.04 Å². The predicted octanol–water partition coefficient (Wildman–Crippen LogP) is 2.46. The Bertz CT molecular complexity index is 810. The van der Waals surface area contributed by atoms with Crippen LogP contribution in [0.2, 0.25) is 0 Å². The fourth-order valence-electron chi connectivity index (χ4n) is 3.92. The SMILES string of the molecule is Cc1[nH]c2ccccc2c1C(=O)C(=O)NC1CCC2(CC1)OCCO2. The number of fused-ring (bicyclic) bond motifs is 1. The minimum atomic E-state index is -0.540. The Balaban J connectivity index is 1.44. The maximum atomic E-state index is 12.7. The highest BCUT2D eigenvalue weighted by Gasteiger charge is 2.41. The molecule has 2 fully saturated rings. The smallest absolute Gasteiger partial charge is 0.292 e. The van der Waals surface area contributed by atoms with Gasteiger partial charge in [-0.05, 0) is 25.8 Å². The molecule has 1 amide bonds. The maximum absolute atomic E-state index is 12.7. The number of amides is 1. The van der Waals surface area contributed by atoms with Crippen molar-refractivity contribution >= 4 is 22.6 Å². The van der Waals surface area contributed by atoms with Crippen molar-refractivity contribution in [3.8, 4) is 0 Å². The zero-order valence-corrected chi connectivity index (χ0v) is 14.3. The molecule has 2 N–H and O–H groups in total. The van der Waals surface area contributed by atoms with Crippen molar-refractivity contribution in [2.45, 2.75) is 44.4 Å². The molecule has 0 bridgehead atoms.